The van der Waals surface area contributed by atoms with Crippen LogP contribution in [0.25, 0.3) is 17.1 Å². The average Bonchev–Trinajstić information content (AvgIpc) is 3.27. The highest BCUT2D eigenvalue weighted by Crippen LogP contribution is 2.29. The van der Waals surface area contributed by atoms with E-state index in [9.17, 15) is 4.79 Å². The molecule has 8 heteroatoms. The van der Waals surface area contributed by atoms with E-state index in [0.29, 0.717) is 16.0 Å². The van der Waals surface area contributed by atoms with Crippen molar-refractivity contribution in [1.82, 2.24) is 19.7 Å². The van der Waals surface area contributed by atoms with Gasteiger partial charge in [0.15, 0.2) is 11.0 Å². The molecule has 2 aromatic heterocycles. The Balaban J connectivity index is 1.60. The molecule has 0 spiro atoms. The Hall–Kier alpha value is -3.16. The lowest BCUT2D eigenvalue weighted by molar-refractivity contribution is -0.113. The van der Waals surface area contributed by atoms with Crippen LogP contribution in [0.1, 0.15) is 25.0 Å². The number of aryl methyl sites for hydroxylation is 2. The van der Waals surface area contributed by atoms with Gasteiger partial charge in [0.2, 0.25) is 5.91 Å². The van der Waals surface area contributed by atoms with Gasteiger partial charge in [-0.3, -0.25) is 14.3 Å². The van der Waals surface area contributed by atoms with Crippen molar-refractivity contribution in [1.29, 1.82) is 0 Å². The molecule has 6 nitrogen and oxygen atoms in total. The number of aromatic nitrogens is 4. The van der Waals surface area contributed by atoms with E-state index in [0.717, 1.165) is 40.9 Å². The number of rotatable bonds is 8. The Morgan fingerprint density at radius 1 is 1.00 bits per heavy atom. The number of hydrogen-bond acceptors (Lipinski definition) is 5. The van der Waals surface area contributed by atoms with E-state index in [2.05, 4.69) is 46.5 Å². The standard InChI is InChI=1S/C25H24ClN5OS/c1-3-17-7-5-8-18(4-2)23(17)28-22(32)16-33-25-30-29-24(19-11-13-27-14-12-19)31(25)21-10-6-9-20(26)15-21/h5-15H,3-4,16H2,1-2H3,(H,28,32). The molecular formula is C25H24ClN5OS. The van der Waals surface area contributed by atoms with Crippen LogP contribution in [0.5, 0.6) is 0 Å². The zero-order valence-electron chi connectivity index (χ0n) is 18.5. The molecule has 4 rings (SSSR count). The summed E-state index contributed by atoms with van der Waals surface area (Å²) in [4.78, 5) is 17.0. The number of carbonyl (C=O) groups is 1. The van der Waals surface area contributed by atoms with Crippen LogP contribution in [0.4, 0.5) is 5.69 Å². The van der Waals surface area contributed by atoms with E-state index >= 15 is 0 Å². The van der Waals surface area contributed by atoms with Gasteiger partial charge >= 0.3 is 0 Å². The third-order valence-electron chi connectivity index (χ3n) is 5.23. The van der Waals surface area contributed by atoms with Crippen LogP contribution in [0.3, 0.4) is 0 Å². The number of nitrogens with one attached hydrogen (secondary N) is 1. The lowest BCUT2D eigenvalue weighted by Crippen LogP contribution is -2.17. The summed E-state index contributed by atoms with van der Waals surface area (Å²) in [5.41, 5.74) is 4.89. The van der Waals surface area contributed by atoms with Crippen molar-refractivity contribution in [3.63, 3.8) is 0 Å². The second kappa shape index (κ2) is 10.6. The zero-order valence-corrected chi connectivity index (χ0v) is 20.0. The van der Waals surface area contributed by atoms with Crippen molar-refractivity contribution >= 4 is 35.0 Å². The van der Waals surface area contributed by atoms with Crippen LogP contribution in [0.2, 0.25) is 5.02 Å². The maximum atomic E-state index is 12.9. The maximum Gasteiger partial charge on any atom is 0.234 e. The number of hydrogen-bond donors (Lipinski definition) is 1. The molecule has 0 saturated heterocycles. The van der Waals surface area contributed by atoms with Crippen LogP contribution >= 0.6 is 23.4 Å². The summed E-state index contributed by atoms with van der Waals surface area (Å²) >= 11 is 7.59. The predicted octanol–water partition coefficient (Wildman–Crippen LogP) is 5.84. The number of amides is 1. The van der Waals surface area contributed by atoms with Gasteiger partial charge in [-0.05, 0) is 54.3 Å². The predicted molar refractivity (Wildman–Crippen MR) is 134 cm³/mol. The van der Waals surface area contributed by atoms with Crippen LogP contribution in [-0.2, 0) is 17.6 Å². The first kappa shape index (κ1) is 23.0. The molecule has 0 radical (unpaired) electrons. The van der Waals surface area contributed by atoms with Crippen LogP contribution < -0.4 is 5.32 Å². The Labute approximate surface area is 202 Å². The molecule has 0 bridgehead atoms. The molecule has 2 heterocycles. The summed E-state index contributed by atoms with van der Waals surface area (Å²) in [5, 5.41) is 13.1. The molecule has 0 aliphatic heterocycles. The van der Waals surface area contributed by atoms with Crippen LogP contribution in [-0.4, -0.2) is 31.4 Å². The number of para-hydroxylation sites is 1. The van der Waals surface area contributed by atoms with E-state index < -0.39 is 0 Å². The van der Waals surface area contributed by atoms with Crippen molar-refractivity contribution in [3.05, 3.63) is 83.1 Å². The molecule has 1 N–H and O–H groups in total. The molecule has 0 saturated carbocycles. The molecular weight excluding hydrogens is 454 g/mol. The maximum absolute atomic E-state index is 12.9. The fraction of sp³-hybridized carbons (Fsp3) is 0.200. The normalized spacial score (nSPS) is 10.9. The van der Waals surface area contributed by atoms with Gasteiger partial charge in [-0.1, -0.05) is 61.5 Å². The number of carbonyl (C=O) groups excluding carboxylic acids is 1. The summed E-state index contributed by atoms with van der Waals surface area (Å²) in [5.74, 6) is 0.782. The van der Waals surface area contributed by atoms with Crippen LogP contribution in [0.15, 0.2) is 72.1 Å². The van der Waals surface area contributed by atoms with Crippen molar-refractivity contribution in [2.75, 3.05) is 11.1 Å². The van der Waals surface area contributed by atoms with Gasteiger partial charge in [-0.2, -0.15) is 0 Å². The average molecular weight is 478 g/mol. The lowest BCUT2D eigenvalue weighted by atomic mass is 10.0. The van der Waals surface area contributed by atoms with Gasteiger partial charge in [0, 0.05) is 28.7 Å². The third kappa shape index (κ3) is 5.26. The number of pyridine rings is 1. The first-order valence-electron chi connectivity index (χ1n) is 10.8. The molecule has 0 fully saturated rings. The smallest absolute Gasteiger partial charge is 0.234 e. The van der Waals surface area contributed by atoms with E-state index in [1.807, 2.05) is 47.0 Å². The van der Waals surface area contributed by atoms with Gasteiger partial charge in [-0.15, -0.1) is 10.2 Å². The molecule has 2 aromatic carbocycles. The third-order valence-corrected chi connectivity index (χ3v) is 6.40. The van der Waals surface area contributed by atoms with E-state index in [1.165, 1.54) is 11.8 Å². The highest BCUT2D eigenvalue weighted by atomic mass is 35.5. The minimum Gasteiger partial charge on any atom is -0.325 e. The second-order valence-electron chi connectivity index (χ2n) is 7.35. The zero-order chi connectivity index (χ0) is 23.2. The molecule has 0 atom stereocenters. The second-order valence-corrected chi connectivity index (χ2v) is 8.73. The number of halogens is 1. The fourth-order valence-corrected chi connectivity index (χ4v) is 4.54. The molecule has 0 aliphatic rings. The largest absolute Gasteiger partial charge is 0.325 e. The summed E-state index contributed by atoms with van der Waals surface area (Å²) in [6, 6.07) is 17.4. The van der Waals surface area contributed by atoms with E-state index in [1.54, 1.807) is 12.4 Å². The van der Waals surface area contributed by atoms with Gasteiger partial charge in [0.05, 0.1) is 11.4 Å². The summed E-state index contributed by atoms with van der Waals surface area (Å²) in [6.45, 7) is 4.18. The molecule has 0 unspecified atom stereocenters. The fourth-order valence-electron chi connectivity index (χ4n) is 3.61. The van der Waals surface area contributed by atoms with Crippen LogP contribution in [0, 0.1) is 0 Å². The van der Waals surface area contributed by atoms with Gasteiger partial charge in [-0.25, -0.2) is 0 Å². The first-order valence-corrected chi connectivity index (χ1v) is 12.1. The Morgan fingerprint density at radius 2 is 1.70 bits per heavy atom. The monoisotopic (exact) mass is 477 g/mol. The van der Waals surface area contributed by atoms with Gasteiger partial charge in [0.25, 0.3) is 0 Å². The summed E-state index contributed by atoms with van der Waals surface area (Å²) < 4.78 is 1.91. The molecule has 168 valence electrons. The topological polar surface area (TPSA) is 72.7 Å². The Bertz CT molecular complexity index is 1240. The molecule has 0 aliphatic carbocycles. The minimum atomic E-state index is -0.0818. The molecule has 4 aromatic rings. The van der Waals surface area contributed by atoms with Gasteiger partial charge < -0.3 is 5.32 Å². The summed E-state index contributed by atoms with van der Waals surface area (Å²) in [7, 11) is 0. The summed E-state index contributed by atoms with van der Waals surface area (Å²) in [6.07, 6.45) is 5.14. The Morgan fingerprint density at radius 3 is 2.36 bits per heavy atom. The Kier molecular flexibility index (Phi) is 7.42. The van der Waals surface area contributed by atoms with Crippen molar-refractivity contribution in [2.45, 2.75) is 31.8 Å². The highest BCUT2D eigenvalue weighted by Gasteiger charge is 2.18. The number of nitrogens with zero attached hydrogens (tertiary/aromatic N) is 4. The number of benzene rings is 2. The quantitative estimate of drug-likeness (QED) is 0.323. The molecule has 1 amide bonds. The molecule has 33 heavy (non-hydrogen) atoms. The SMILES string of the molecule is CCc1cccc(CC)c1NC(=O)CSc1nnc(-c2ccncc2)n1-c1cccc(Cl)c1. The van der Waals surface area contributed by atoms with E-state index in [4.69, 9.17) is 11.6 Å². The first-order chi connectivity index (χ1) is 16.1. The lowest BCUT2D eigenvalue weighted by Gasteiger charge is -2.14. The van der Waals surface area contributed by atoms with Crippen molar-refractivity contribution < 1.29 is 4.79 Å². The highest BCUT2D eigenvalue weighted by molar-refractivity contribution is 7.99. The number of thioether (sulfide) groups is 1. The van der Waals surface area contributed by atoms with Crippen molar-refractivity contribution in [3.8, 4) is 17.1 Å². The van der Waals surface area contributed by atoms with Crippen molar-refractivity contribution in [2.24, 2.45) is 0 Å². The van der Waals surface area contributed by atoms with E-state index in [-0.39, 0.29) is 11.7 Å². The number of anilines is 1. The van der Waals surface area contributed by atoms with Gasteiger partial charge in [0.1, 0.15) is 0 Å². The minimum absolute atomic E-state index is 0.0818.